The van der Waals surface area contributed by atoms with Gasteiger partial charge in [-0.25, -0.2) is 9.78 Å². The third-order valence-electron chi connectivity index (χ3n) is 4.57. The van der Waals surface area contributed by atoms with E-state index < -0.39 is 0 Å². The number of thiazole rings is 1. The maximum atomic E-state index is 12.0. The Kier molecular flexibility index (Phi) is 8.80. The summed E-state index contributed by atoms with van der Waals surface area (Å²) < 4.78 is 7.27. The second kappa shape index (κ2) is 10.9. The van der Waals surface area contributed by atoms with Gasteiger partial charge in [-0.15, -0.1) is 45.5 Å². The molecule has 2 N–H and O–H groups in total. The van der Waals surface area contributed by atoms with Gasteiger partial charge in [-0.05, 0) is 33.6 Å². The zero-order chi connectivity index (χ0) is 20.1. The minimum atomic E-state index is -0.324. The number of esters is 1. The number of nitrogens with one attached hydrogen (secondary N) is 2. The number of ether oxygens (including phenoxy) is 1. The van der Waals surface area contributed by atoms with Gasteiger partial charge in [0.05, 0.1) is 24.9 Å². The summed E-state index contributed by atoms with van der Waals surface area (Å²) in [5.74, 6) is 2.30. The maximum absolute atomic E-state index is 12.0. The highest BCUT2D eigenvalue weighted by atomic mass is 127. The van der Waals surface area contributed by atoms with Crippen LogP contribution in [0.1, 0.15) is 64.8 Å². The van der Waals surface area contributed by atoms with Crippen molar-refractivity contribution in [1.82, 2.24) is 30.4 Å². The van der Waals surface area contributed by atoms with Crippen molar-refractivity contribution in [3.63, 3.8) is 0 Å². The predicted octanol–water partition coefficient (Wildman–Crippen LogP) is 2.60. The van der Waals surface area contributed by atoms with E-state index >= 15 is 0 Å². The number of aliphatic imine (C=N–C) groups is 1. The van der Waals surface area contributed by atoms with Crippen molar-refractivity contribution in [1.29, 1.82) is 0 Å². The van der Waals surface area contributed by atoms with Crippen LogP contribution in [0, 0.1) is 6.92 Å². The number of aromatic nitrogens is 4. The van der Waals surface area contributed by atoms with E-state index in [-0.39, 0.29) is 36.0 Å². The number of guanidine groups is 1. The molecule has 1 aliphatic heterocycles. The Labute approximate surface area is 191 Å². The largest absolute Gasteiger partial charge is 0.462 e. The standard InChI is InChI=1S/C18H27N7O2S.HI/c1-5-27-17(26)15-11(2)21-16(28-15)12(3)22-18(19-4)20-10-14-24-23-13-8-6-7-9-25(13)14;/h12H,5-10H2,1-4H3,(H2,19,20,22);1H. The van der Waals surface area contributed by atoms with Crippen LogP contribution < -0.4 is 10.6 Å². The SMILES string of the molecule is CCOC(=O)c1sc(C(C)NC(=NC)NCc2nnc3n2CCCC3)nc1C.I. The summed E-state index contributed by atoms with van der Waals surface area (Å²) in [6, 6.07) is -0.106. The highest BCUT2D eigenvalue weighted by Gasteiger charge is 2.20. The van der Waals surface area contributed by atoms with Gasteiger partial charge in [0.25, 0.3) is 0 Å². The smallest absolute Gasteiger partial charge is 0.350 e. The van der Waals surface area contributed by atoms with Gasteiger partial charge in [0.15, 0.2) is 11.8 Å². The first kappa shape index (κ1) is 23.5. The fourth-order valence-electron chi connectivity index (χ4n) is 3.11. The molecule has 1 aliphatic rings. The van der Waals surface area contributed by atoms with Crippen molar-refractivity contribution in [2.45, 2.75) is 59.2 Å². The van der Waals surface area contributed by atoms with Gasteiger partial charge in [-0.2, -0.15) is 0 Å². The summed E-state index contributed by atoms with van der Waals surface area (Å²) in [6.45, 7) is 7.46. The lowest BCUT2D eigenvalue weighted by atomic mass is 10.2. The zero-order valence-corrected chi connectivity index (χ0v) is 20.3. The number of aryl methyl sites for hydroxylation is 2. The number of nitrogens with zero attached hydrogens (tertiary/aromatic N) is 5. The lowest BCUT2D eigenvalue weighted by Crippen LogP contribution is -2.38. The van der Waals surface area contributed by atoms with Gasteiger partial charge in [-0.1, -0.05) is 0 Å². The molecule has 160 valence electrons. The summed E-state index contributed by atoms with van der Waals surface area (Å²) in [4.78, 5) is 21.3. The quantitative estimate of drug-likeness (QED) is 0.255. The minimum Gasteiger partial charge on any atom is -0.462 e. The first-order chi connectivity index (χ1) is 13.5. The van der Waals surface area contributed by atoms with Crippen LogP contribution in [0.15, 0.2) is 4.99 Å². The number of carbonyl (C=O) groups is 1. The van der Waals surface area contributed by atoms with Crippen molar-refractivity contribution in [2.24, 2.45) is 4.99 Å². The Morgan fingerprint density at radius 2 is 2.17 bits per heavy atom. The second-order valence-electron chi connectivity index (χ2n) is 6.62. The monoisotopic (exact) mass is 533 g/mol. The third kappa shape index (κ3) is 5.65. The van der Waals surface area contributed by atoms with Crippen molar-refractivity contribution in [3.8, 4) is 0 Å². The third-order valence-corrected chi connectivity index (χ3v) is 5.89. The number of halogens is 1. The predicted molar refractivity (Wildman–Crippen MR) is 123 cm³/mol. The van der Waals surface area contributed by atoms with Crippen molar-refractivity contribution < 1.29 is 9.53 Å². The molecule has 0 saturated carbocycles. The van der Waals surface area contributed by atoms with E-state index in [0.29, 0.717) is 29.7 Å². The minimum absolute atomic E-state index is 0. The average molecular weight is 533 g/mol. The van der Waals surface area contributed by atoms with Crippen LogP contribution in [0.2, 0.25) is 0 Å². The van der Waals surface area contributed by atoms with Crippen LogP contribution in [0.4, 0.5) is 0 Å². The lowest BCUT2D eigenvalue weighted by molar-refractivity contribution is 0.0531. The number of hydrogen-bond donors (Lipinski definition) is 2. The highest BCUT2D eigenvalue weighted by Crippen LogP contribution is 2.24. The Morgan fingerprint density at radius 3 is 2.90 bits per heavy atom. The summed E-state index contributed by atoms with van der Waals surface area (Å²) in [5, 5.41) is 16.0. The highest BCUT2D eigenvalue weighted by molar-refractivity contribution is 14.0. The van der Waals surface area contributed by atoms with Crippen LogP contribution in [0.5, 0.6) is 0 Å². The molecule has 2 aromatic rings. The van der Waals surface area contributed by atoms with Crippen LogP contribution in [-0.2, 0) is 24.2 Å². The van der Waals surface area contributed by atoms with E-state index in [1.807, 2.05) is 13.8 Å². The Morgan fingerprint density at radius 1 is 1.38 bits per heavy atom. The average Bonchev–Trinajstić information content (AvgIpc) is 3.29. The number of hydrogen-bond acceptors (Lipinski definition) is 7. The molecule has 0 aromatic carbocycles. The van der Waals surface area contributed by atoms with Crippen molar-refractivity contribution >= 4 is 47.2 Å². The van der Waals surface area contributed by atoms with Gasteiger partial charge >= 0.3 is 5.97 Å². The fourth-order valence-corrected chi connectivity index (χ4v) is 4.08. The summed E-state index contributed by atoms with van der Waals surface area (Å²) >= 11 is 1.35. The normalized spacial score (nSPS) is 14.6. The zero-order valence-electron chi connectivity index (χ0n) is 17.2. The van der Waals surface area contributed by atoms with E-state index in [0.717, 1.165) is 36.0 Å². The van der Waals surface area contributed by atoms with E-state index in [1.165, 1.54) is 17.8 Å². The Bertz CT molecular complexity index is 865. The molecule has 0 saturated heterocycles. The molecule has 11 heteroatoms. The molecule has 0 spiro atoms. The molecule has 9 nitrogen and oxygen atoms in total. The Balaban J connectivity index is 0.00000300. The number of fused-ring (bicyclic) bond motifs is 1. The molecular formula is C18H28IN7O2S. The molecule has 1 unspecified atom stereocenters. The molecule has 0 fully saturated rings. The van der Waals surface area contributed by atoms with E-state index in [2.05, 4.69) is 35.4 Å². The molecule has 3 heterocycles. The van der Waals surface area contributed by atoms with Gasteiger partial charge in [0.1, 0.15) is 15.7 Å². The van der Waals surface area contributed by atoms with Crippen LogP contribution >= 0.6 is 35.3 Å². The molecule has 0 aliphatic carbocycles. The van der Waals surface area contributed by atoms with Gasteiger partial charge < -0.3 is 19.9 Å². The first-order valence-corrected chi connectivity index (χ1v) is 10.4. The molecular weight excluding hydrogens is 505 g/mol. The molecule has 1 atom stereocenters. The van der Waals surface area contributed by atoms with Gasteiger partial charge in [0, 0.05) is 20.0 Å². The molecule has 3 rings (SSSR count). The molecule has 0 bridgehead atoms. The van der Waals surface area contributed by atoms with Gasteiger partial charge in [-0.3, -0.25) is 4.99 Å². The summed E-state index contributed by atoms with van der Waals surface area (Å²) in [5.41, 5.74) is 0.685. The first-order valence-electron chi connectivity index (χ1n) is 9.56. The van der Waals surface area contributed by atoms with E-state index in [4.69, 9.17) is 4.74 Å². The molecule has 0 radical (unpaired) electrons. The second-order valence-corrected chi connectivity index (χ2v) is 7.65. The number of carbonyl (C=O) groups excluding carboxylic acids is 1. The topological polar surface area (TPSA) is 106 Å². The molecule has 2 aromatic heterocycles. The van der Waals surface area contributed by atoms with E-state index in [9.17, 15) is 4.79 Å². The van der Waals surface area contributed by atoms with Gasteiger partial charge in [0.2, 0.25) is 0 Å². The number of rotatable bonds is 6. The van der Waals surface area contributed by atoms with Crippen molar-refractivity contribution in [2.75, 3.05) is 13.7 Å². The van der Waals surface area contributed by atoms with Crippen LogP contribution in [0.3, 0.4) is 0 Å². The van der Waals surface area contributed by atoms with Crippen LogP contribution in [-0.4, -0.2) is 45.3 Å². The fraction of sp³-hybridized carbons (Fsp3) is 0.611. The molecule has 29 heavy (non-hydrogen) atoms. The maximum Gasteiger partial charge on any atom is 0.350 e. The van der Waals surface area contributed by atoms with E-state index in [1.54, 1.807) is 14.0 Å². The lowest BCUT2D eigenvalue weighted by Gasteiger charge is -2.18. The summed E-state index contributed by atoms with van der Waals surface area (Å²) in [7, 11) is 1.72. The molecule has 0 amide bonds. The van der Waals surface area contributed by atoms with Crippen LogP contribution in [0.25, 0.3) is 0 Å². The summed E-state index contributed by atoms with van der Waals surface area (Å²) in [6.07, 6.45) is 3.32. The van der Waals surface area contributed by atoms with Crippen molar-refractivity contribution in [3.05, 3.63) is 27.2 Å². The Hall–Kier alpha value is -1.76.